The fourth-order valence-corrected chi connectivity index (χ4v) is 2.92. The zero-order chi connectivity index (χ0) is 14.2. The van der Waals surface area contributed by atoms with Crippen LogP contribution in [-0.2, 0) is 6.42 Å². The molecule has 0 saturated carbocycles. The zero-order valence-corrected chi connectivity index (χ0v) is 11.9. The number of rotatable bonds is 2. The number of aromatic amines is 1. The quantitative estimate of drug-likeness (QED) is 0.756. The van der Waals surface area contributed by atoms with Gasteiger partial charge in [-0.25, -0.2) is 15.0 Å². The first-order valence-corrected chi connectivity index (χ1v) is 7.39. The minimum Gasteiger partial charge on any atom is -0.382 e. The molecule has 0 radical (unpaired) electrons. The van der Waals surface area contributed by atoms with E-state index in [1.54, 1.807) is 6.20 Å². The topological polar surface area (TPSA) is 66.5 Å². The maximum atomic E-state index is 4.54. The number of hydrogen-bond acceptors (Lipinski definition) is 4. The lowest BCUT2D eigenvalue weighted by molar-refractivity contribution is 0.614. The molecule has 0 fully saturated rings. The van der Waals surface area contributed by atoms with Gasteiger partial charge in [0.1, 0.15) is 17.7 Å². The Hall–Kier alpha value is -2.43. The summed E-state index contributed by atoms with van der Waals surface area (Å²) in [5.41, 5.74) is 5.30. The third-order valence-corrected chi connectivity index (χ3v) is 4.16. The standard InChI is InChI=1S/C16H17N5/c1-2-12-5-3-10-7-11(4-6-13(10)19-12)15-20-14-8-17-9-18-16(14)21-15/h4,6-9,12,19H,2-3,5H2,1H3,(H,17,18,20,21). The molecule has 2 aromatic heterocycles. The molecular weight excluding hydrogens is 262 g/mol. The van der Waals surface area contributed by atoms with Crippen molar-refractivity contribution in [2.24, 2.45) is 0 Å². The first kappa shape index (κ1) is 12.3. The van der Waals surface area contributed by atoms with Crippen LogP contribution < -0.4 is 5.32 Å². The van der Waals surface area contributed by atoms with Crippen LogP contribution in [0.5, 0.6) is 0 Å². The van der Waals surface area contributed by atoms with E-state index in [1.165, 1.54) is 30.4 Å². The van der Waals surface area contributed by atoms with Crippen LogP contribution >= 0.6 is 0 Å². The van der Waals surface area contributed by atoms with Crippen molar-refractivity contribution in [1.82, 2.24) is 19.9 Å². The summed E-state index contributed by atoms with van der Waals surface area (Å²) in [6.07, 6.45) is 6.76. The van der Waals surface area contributed by atoms with E-state index in [4.69, 9.17) is 0 Å². The van der Waals surface area contributed by atoms with Crippen molar-refractivity contribution in [2.75, 3.05) is 5.32 Å². The van der Waals surface area contributed by atoms with E-state index >= 15 is 0 Å². The summed E-state index contributed by atoms with van der Waals surface area (Å²) in [6.45, 7) is 2.23. The summed E-state index contributed by atoms with van der Waals surface area (Å²) >= 11 is 0. The lowest BCUT2D eigenvalue weighted by Crippen LogP contribution is -2.24. The van der Waals surface area contributed by atoms with Gasteiger partial charge in [0.15, 0.2) is 5.65 Å². The van der Waals surface area contributed by atoms with Crippen LogP contribution in [0.3, 0.4) is 0 Å². The number of H-pyrrole nitrogens is 1. The molecule has 0 aliphatic carbocycles. The number of aromatic nitrogens is 4. The molecule has 106 valence electrons. The van der Waals surface area contributed by atoms with Crippen molar-refractivity contribution in [3.63, 3.8) is 0 Å². The predicted octanol–water partition coefficient (Wildman–Crippen LogP) is 3.16. The molecule has 0 saturated heterocycles. The normalized spacial score (nSPS) is 17.5. The van der Waals surface area contributed by atoms with Gasteiger partial charge in [0, 0.05) is 17.3 Å². The molecular formula is C16H17N5. The molecule has 3 aromatic rings. The minimum absolute atomic E-state index is 0.602. The van der Waals surface area contributed by atoms with E-state index in [9.17, 15) is 0 Å². The van der Waals surface area contributed by atoms with Crippen LogP contribution in [0.4, 0.5) is 5.69 Å². The van der Waals surface area contributed by atoms with Gasteiger partial charge < -0.3 is 10.3 Å². The van der Waals surface area contributed by atoms with Crippen molar-refractivity contribution in [3.05, 3.63) is 36.3 Å². The Morgan fingerprint density at radius 3 is 3.14 bits per heavy atom. The SMILES string of the molecule is CCC1CCc2cc(-c3nc4ncncc4[nH]3)ccc2N1. The van der Waals surface area contributed by atoms with E-state index < -0.39 is 0 Å². The molecule has 5 nitrogen and oxygen atoms in total. The number of hydrogen-bond donors (Lipinski definition) is 2. The van der Waals surface area contributed by atoms with Gasteiger partial charge in [-0.2, -0.15) is 0 Å². The summed E-state index contributed by atoms with van der Waals surface area (Å²) in [7, 11) is 0. The molecule has 1 aromatic carbocycles. The number of nitrogens with one attached hydrogen (secondary N) is 2. The molecule has 1 atom stereocenters. The Balaban J connectivity index is 1.73. The minimum atomic E-state index is 0.602. The zero-order valence-electron chi connectivity index (χ0n) is 11.9. The van der Waals surface area contributed by atoms with Crippen LogP contribution in [-0.4, -0.2) is 26.0 Å². The smallest absolute Gasteiger partial charge is 0.181 e. The summed E-state index contributed by atoms with van der Waals surface area (Å²) in [5.74, 6) is 0.853. The maximum Gasteiger partial charge on any atom is 0.181 e. The number of nitrogens with zero attached hydrogens (tertiary/aromatic N) is 3. The Labute approximate surface area is 122 Å². The van der Waals surface area contributed by atoms with Gasteiger partial charge in [-0.1, -0.05) is 6.92 Å². The van der Waals surface area contributed by atoms with Gasteiger partial charge in [0.2, 0.25) is 0 Å². The van der Waals surface area contributed by atoms with Gasteiger partial charge in [0.05, 0.1) is 6.20 Å². The summed E-state index contributed by atoms with van der Waals surface area (Å²) in [5, 5.41) is 3.60. The molecule has 5 heteroatoms. The van der Waals surface area contributed by atoms with Crippen LogP contribution in [0.1, 0.15) is 25.3 Å². The second-order valence-electron chi connectivity index (χ2n) is 5.51. The van der Waals surface area contributed by atoms with Crippen LogP contribution in [0.2, 0.25) is 0 Å². The van der Waals surface area contributed by atoms with Gasteiger partial charge in [0.25, 0.3) is 0 Å². The third-order valence-electron chi connectivity index (χ3n) is 4.16. The van der Waals surface area contributed by atoms with Crippen LogP contribution in [0, 0.1) is 0 Å². The second kappa shape index (κ2) is 4.84. The first-order valence-electron chi connectivity index (χ1n) is 7.39. The predicted molar refractivity (Wildman–Crippen MR) is 83.1 cm³/mol. The summed E-state index contributed by atoms with van der Waals surface area (Å²) in [4.78, 5) is 16.0. The molecule has 0 bridgehead atoms. The summed E-state index contributed by atoms with van der Waals surface area (Å²) in [6, 6.07) is 7.09. The second-order valence-corrected chi connectivity index (χ2v) is 5.51. The molecule has 1 aliphatic rings. The Morgan fingerprint density at radius 1 is 1.33 bits per heavy atom. The van der Waals surface area contributed by atoms with E-state index in [-0.39, 0.29) is 0 Å². The van der Waals surface area contributed by atoms with E-state index in [2.05, 4.69) is 50.4 Å². The van der Waals surface area contributed by atoms with Gasteiger partial charge in [-0.3, -0.25) is 0 Å². The number of aryl methyl sites for hydroxylation is 1. The third kappa shape index (κ3) is 2.14. The average Bonchev–Trinajstić information content (AvgIpc) is 2.98. The molecule has 4 rings (SSSR count). The highest BCUT2D eigenvalue weighted by Crippen LogP contribution is 2.30. The Bertz CT molecular complexity index is 759. The van der Waals surface area contributed by atoms with E-state index in [0.29, 0.717) is 11.7 Å². The summed E-state index contributed by atoms with van der Waals surface area (Å²) < 4.78 is 0. The van der Waals surface area contributed by atoms with E-state index in [0.717, 1.165) is 23.3 Å². The van der Waals surface area contributed by atoms with Crippen molar-refractivity contribution in [1.29, 1.82) is 0 Å². The fourth-order valence-electron chi connectivity index (χ4n) is 2.92. The van der Waals surface area contributed by atoms with Crippen molar-refractivity contribution >= 4 is 16.9 Å². The maximum absolute atomic E-state index is 4.54. The molecule has 0 spiro atoms. The lowest BCUT2D eigenvalue weighted by Gasteiger charge is -2.26. The van der Waals surface area contributed by atoms with Crippen LogP contribution in [0.15, 0.2) is 30.7 Å². The van der Waals surface area contributed by atoms with Crippen LogP contribution in [0.25, 0.3) is 22.6 Å². The average molecular weight is 279 g/mol. The number of imidazole rings is 1. The number of fused-ring (bicyclic) bond motifs is 2. The Morgan fingerprint density at radius 2 is 2.29 bits per heavy atom. The number of anilines is 1. The lowest BCUT2D eigenvalue weighted by atomic mass is 9.95. The fraction of sp³-hybridized carbons (Fsp3) is 0.312. The Kier molecular flexibility index (Phi) is 2.84. The van der Waals surface area contributed by atoms with Gasteiger partial charge >= 0.3 is 0 Å². The van der Waals surface area contributed by atoms with Gasteiger partial charge in [-0.15, -0.1) is 0 Å². The van der Waals surface area contributed by atoms with E-state index in [1.807, 2.05) is 0 Å². The molecule has 1 aliphatic heterocycles. The molecule has 2 N–H and O–H groups in total. The molecule has 21 heavy (non-hydrogen) atoms. The number of benzene rings is 1. The highest BCUT2D eigenvalue weighted by molar-refractivity contribution is 5.75. The molecule has 1 unspecified atom stereocenters. The highest BCUT2D eigenvalue weighted by atomic mass is 15.0. The van der Waals surface area contributed by atoms with Crippen molar-refractivity contribution < 1.29 is 0 Å². The van der Waals surface area contributed by atoms with Gasteiger partial charge in [-0.05, 0) is 43.0 Å². The molecule has 3 heterocycles. The molecule has 0 amide bonds. The largest absolute Gasteiger partial charge is 0.382 e. The first-order chi connectivity index (χ1) is 10.3. The monoisotopic (exact) mass is 279 g/mol. The van der Waals surface area contributed by atoms with Crippen molar-refractivity contribution in [2.45, 2.75) is 32.2 Å². The highest BCUT2D eigenvalue weighted by Gasteiger charge is 2.17. The van der Waals surface area contributed by atoms with Crippen molar-refractivity contribution in [3.8, 4) is 11.4 Å².